The number of hydrogen-bond acceptors (Lipinski definition) is 3. The summed E-state index contributed by atoms with van der Waals surface area (Å²) >= 11 is 0. The zero-order valence-corrected chi connectivity index (χ0v) is 16.5. The average molecular weight is 385 g/mol. The van der Waals surface area contributed by atoms with Crippen LogP contribution in [0.15, 0.2) is 36.4 Å². The smallest absolute Gasteiger partial charge is 0.252 e. The number of hydrogen-bond donors (Lipinski definition) is 3. The van der Waals surface area contributed by atoms with E-state index in [4.69, 9.17) is 4.98 Å². The molecule has 6 rings (SSSR count). The van der Waals surface area contributed by atoms with Crippen LogP contribution in [0, 0.1) is 0 Å². The summed E-state index contributed by atoms with van der Waals surface area (Å²) in [5.74, 6) is 1.59. The molecule has 29 heavy (non-hydrogen) atoms. The molecule has 2 aliphatic rings. The van der Waals surface area contributed by atoms with Gasteiger partial charge in [0.1, 0.15) is 5.82 Å². The lowest BCUT2D eigenvalue weighted by Gasteiger charge is -2.16. The zero-order valence-electron chi connectivity index (χ0n) is 16.5. The molecule has 0 bridgehead atoms. The van der Waals surface area contributed by atoms with Crippen molar-refractivity contribution >= 4 is 27.8 Å². The predicted octanol–water partition coefficient (Wildman–Crippen LogP) is 3.82. The number of nitrogens with one attached hydrogen (secondary N) is 3. The predicted molar refractivity (Wildman–Crippen MR) is 113 cm³/mol. The largest absolute Gasteiger partial charge is 0.357 e. The van der Waals surface area contributed by atoms with E-state index in [2.05, 4.69) is 58.5 Å². The van der Waals surface area contributed by atoms with Crippen molar-refractivity contribution in [1.29, 1.82) is 0 Å². The summed E-state index contributed by atoms with van der Waals surface area (Å²) in [5.41, 5.74) is 7.05. The lowest BCUT2D eigenvalue weighted by atomic mass is 9.95. The van der Waals surface area contributed by atoms with Gasteiger partial charge in [-0.3, -0.25) is 4.79 Å². The number of rotatable bonds is 4. The van der Waals surface area contributed by atoms with Gasteiger partial charge in [-0.1, -0.05) is 18.2 Å². The molecule has 0 saturated heterocycles. The normalized spacial score (nSPS) is 18.7. The SMILES string of the molecule is CN(C)Cc1[nH]c2ccccc2c1C1NC(=O)c2cc3nc(C4CC4)[nH]c3cc21. The third kappa shape index (κ3) is 2.59. The molecule has 1 fully saturated rings. The Kier molecular flexibility index (Phi) is 3.44. The van der Waals surface area contributed by atoms with Crippen LogP contribution in [0.5, 0.6) is 0 Å². The first kappa shape index (κ1) is 16.8. The Morgan fingerprint density at radius 1 is 1.10 bits per heavy atom. The fourth-order valence-corrected chi connectivity index (χ4v) is 4.58. The van der Waals surface area contributed by atoms with Gasteiger partial charge in [-0.2, -0.15) is 0 Å². The summed E-state index contributed by atoms with van der Waals surface area (Å²) in [6, 6.07) is 12.2. The molecule has 2 aromatic heterocycles. The number of benzene rings is 2. The van der Waals surface area contributed by atoms with Crippen molar-refractivity contribution in [3.05, 3.63) is 64.6 Å². The molecule has 1 aliphatic carbocycles. The van der Waals surface area contributed by atoms with Gasteiger partial charge in [0.15, 0.2) is 0 Å². The van der Waals surface area contributed by atoms with Gasteiger partial charge in [0.2, 0.25) is 0 Å². The lowest BCUT2D eigenvalue weighted by Crippen LogP contribution is -2.22. The quantitative estimate of drug-likeness (QED) is 0.500. The Labute approximate surface area is 168 Å². The van der Waals surface area contributed by atoms with Gasteiger partial charge < -0.3 is 20.2 Å². The van der Waals surface area contributed by atoms with E-state index in [1.165, 1.54) is 12.8 Å². The van der Waals surface area contributed by atoms with E-state index >= 15 is 0 Å². The molecule has 1 saturated carbocycles. The highest BCUT2D eigenvalue weighted by atomic mass is 16.2. The number of carbonyl (C=O) groups excluding carboxylic acids is 1. The van der Waals surface area contributed by atoms with Crippen molar-refractivity contribution in [2.75, 3.05) is 14.1 Å². The summed E-state index contributed by atoms with van der Waals surface area (Å²) in [4.78, 5) is 26.8. The zero-order chi connectivity index (χ0) is 19.7. The molecule has 2 aromatic carbocycles. The number of aromatic nitrogens is 3. The first-order chi connectivity index (χ1) is 14.1. The van der Waals surface area contributed by atoms with Gasteiger partial charge in [0, 0.05) is 40.2 Å². The number of nitrogens with zero attached hydrogens (tertiary/aromatic N) is 2. The number of aromatic amines is 2. The van der Waals surface area contributed by atoms with Crippen molar-refractivity contribution in [1.82, 2.24) is 25.2 Å². The summed E-state index contributed by atoms with van der Waals surface area (Å²) in [7, 11) is 4.12. The third-order valence-electron chi connectivity index (χ3n) is 6.06. The van der Waals surface area contributed by atoms with Crippen molar-refractivity contribution in [2.24, 2.45) is 0 Å². The molecular weight excluding hydrogens is 362 g/mol. The third-order valence-corrected chi connectivity index (χ3v) is 6.06. The highest BCUT2D eigenvalue weighted by Crippen LogP contribution is 2.41. The Morgan fingerprint density at radius 3 is 2.72 bits per heavy atom. The van der Waals surface area contributed by atoms with Gasteiger partial charge >= 0.3 is 0 Å². The molecule has 6 nitrogen and oxygen atoms in total. The molecule has 1 atom stereocenters. The highest BCUT2D eigenvalue weighted by Gasteiger charge is 2.34. The molecule has 3 N–H and O–H groups in total. The minimum absolute atomic E-state index is 0.0241. The maximum absolute atomic E-state index is 12.9. The number of H-pyrrole nitrogens is 2. The Hall–Kier alpha value is -3.12. The minimum Gasteiger partial charge on any atom is -0.357 e. The molecule has 1 amide bonds. The number of carbonyl (C=O) groups is 1. The maximum atomic E-state index is 12.9. The number of para-hydroxylation sites is 1. The van der Waals surface area contributed by atoms with Crippen LogP contribution in [0.1, 0.15) is 57.8 Å². The summed E-state index contributed by atoms with van der Waals surface area (Å²) in [5, 5.41) is 4.38. The Bertz CT molecular complexity index is 1280. The van der Waals surface area contributed by atoms with Gasteiger partial charge in [-0.15, -0.1) is 0 Å². The molecular formula is C23H23N5O. The summed E-state index contributed by atoms with van der Waals surface area (Å²) in [6.07, 6.45) is 2.40. The fourth-order valence-electron chi connectivity index (χ4n) is 4.58. The van der Waals surface area contributed by atoms with Crippen molar-refractivity contribution in [2.45, 2.75) is 31.3 Å². The van der Waals surface area contributed by atoms with Crippen LogP contribution in [0.4, 0.5) is 0 Å². The first-order valence-corrected chi connectivity index (χ1v) is 10.2. The molecule has 6 heteroatoms. The molecule has 4 aromatic rings. The highest BCUT2D eigenvalue weighted by molar-refractivity contribution is 6.03. The van der Waals surface area contributed by atoms with Crippen molar-refractivity contribution in [3.8, 4) is 0 Å². The monoisotopic (exact) mass is 385 g/mol. The van der Waals surface area contributed by atoms with Gasteiger partial charge in [0.05, 0.1) is 17.1 Å². The van der Waals surface area contributed by atoms with Gasteiger partial charge in [-0.05, 0) is 50.7 Å². The minimum atomic E-state index is -0.166. The van der Waals surface area contributed by atoms with Crippen LogP contribution in [-0.2, 0) is 6.54 Å². The Morgan fingerprint density at radius 2 is 1.93 bits per heavy atom. The van der Waals surface area contributed by atoms with Crippen LogP contribution in [0.25, 0.3) is 21.9 Å². The van der Waals surface area contributed by atoms with Crippen LogP contribution in [0.2, 0.25) is 0 Å². The topological polar surface area (TPSA) is 76.8 Å². The van der Waals surface area contributed by atoms with Crippen LogP contribution < -0.4 is 5.32 Å². The summed E-state index contributed by atoms with van der Waals surface area (Å²) < 4.78 is 0. The number of imidazole rings is 1. The summed E-state index contributed by atoms with van der Waals surface area (Å²) in [6.45, 7) is 0.782. The standard InChI is InChI=1S/C23H23N5O/c1-28(2)11-19-20(13-5-3-4-6-16(13)24-19)21-14-9-17-18(10-15(14)23(29)27-21)26-22(25-17)12-7-8-12/h3-6,9-10,12,21,24H,7-8,11H2,1-2H3,(H,25,26)(H,27,29). The average Bonchev–Trinajstić information content (AvgIpc) is 3.26. The molecule has 3 heterocycles. The molecule has 1 aliphatic heterocycles. The maximum Gasteiger partial charge on any atom is 0.252 e. The first-order valence-electron chi connectivity index (χ1n) is 10.2. The van der Waals surface area contributed by atoms with E-state index in [0.29, 0.717) is 5.92 Å². The van der Waals surface area contributed by atoms with Gasteiger partial charge in [-0.25, -0.2) is 4.98 Å². The van der Waals surface area contributed by atoms with E-state index in [9.17, 15) is 4.79 Å². The molecule has 0 radical (unpaired) electrons. The second-order valence-corrected chi connectivity index (χ2v) is 8.56. The van der Waals surface area contributed by atoms with Crippen molar-refractivity contribution in [3.63, 3.8) is 0 Å². The molecule has 146 valence electrons. The van der Waals surface area contributed by atoms with Crippen molar-refractivity contribution < 1.29 is 4.79 Å². The van der Waals surface area contributed by atoms with E-state index in [1.54, 1.807) is 0 Å². The second-order valence-electron chi connectivity index (χ2n) is 8.56. The van der Waals surface area contributed by atoms with E-state index in [0.717, 1.165) is 56.7 Å². The van der Waals surface area contributed by atoms with E-state index in [1.807, 2.05) is 12.1 Å². The van der Waals surface area contributed by atoms with Crippen LogP contribution in [-0.4, -0.2) is 39.9 Å². The molecule has 0 spiro atoms. The number of amides is 1. The van der Waals surface area contributed by atoms with Crippen LogP contribution >= 0.6 is 0 Å². The van der Waals surface area contributed by atoms with Crippen LogP contribution in [0.3, 0.4) is 0 Å². The fraction of sp³-hybridized carbons (Fsp3) is 0.304. The Balaban J connectivity index is 1.54. The second kappa shape index (κ2) is 5.94. The van der Waals surface area contributed by atoms with Gasteiger partial charge in [0.25, 0.3) is 5.91 Å². The lowest BCUT2D eigenvalue weighted by molar-refractivity contribution is 0.0960. The van der Waals surface area contributed by atoms with E-state index in [-0.39, 0.29) is 11.9 Å². The number of fused-ring (bicyclic) bond motifs is 3. The van der Waals surface area contributed by atoms with E-state index < -0.39 is 0 Å². The molecule has 1 unspecified atom stereocenters.